The third-order valence-corrected chi connectivity index (χ3v) is 11.4. The molecule has 8 rings (SSSR count). The maximum Gasteiger partial charge on any atom is 0.322 e. The molecule has 2 spiro atoms. The van der Waals surface area contributed by atoms with Crippen molar-refractivity contribution in [3.63, 3.8) is 0 Å². The maximum absolute atomic E-state index is 14.5. The number of hydrogen-bond acceptors (Lipinski definition) is 10. The standard InChI is InChI=1S/C33H39FN8O4/c1-19-6-9-33(26-21(19)4-5-24(36)22(26)14-35)13-25-23(16-46-33)27(41-10-3-8-32(17-41)28(43)39-29(44)40-32)38-30(37-25)45-18-31-7-2-11-42(31)15-20(34)12-31/h4-5,19-20H,2-3,6-13,15-18,36H2,1H3,(H2,39,40,43,44)/t19?,20?,31?,32-,33?/m1/s1. The number of ether oxygens (including phenoxy) is 2. The molecule has 1 aromatic carbocycles. The number of anilines is 2. The number of halogens is 1. The van der Waals surface area contributed by atoms with Gasteiger partial charge in [0.2, 0.25) is 0 Å². The van der Waals surface area contributed by atoms with E-state index in [4.69, 9.17) is 25.2 Å². The van der Waals surface area contributed by atoms with Crippen molar-refractivity contribution in [2.24, 2.45) is 0 Å². The zero-order valence-electron chi connectivity index (χ0n) is 26.0. The molecule has 0 saturated carbocycles. The Morgan fingerprint density at radius 3 is 2.87 bits per heavy atom. The summed E-state index contributed by atoms with van der Waals surface area (Å²) in [5.74, 6) is 0.513. The molecule has 0 radical (unpaired) electrons. The van der Waals surface area contributed by atoms with Gasteiger partial charge in [-0.1, -0.05) is 13.0 Å². The minimum absolute atomic E-state index is 0.196. The van der Waals surface area contributed by atoms with Crippen LogP contribution in [0.25, 0.3) is 0 Å². The van der Waals surface area contributed by atoms with Crippen LogP contribution >= 0.6 is 0 Å². The van der Waals surface area contributed by atoms with Gasteiger partial charge in [-0.25, -0.2) is 9.18 Å². The zero-order valence-corrected chi connectivity index (χ0v) is 26.0. The fourth-order valence-corrected chi connectivity index (χ4v) is 9.05. The number of aromatic nitrogens is 2. The largest absolute Gasteiger partial charge is 0.461 e. The number of nitrogens with zero attached hydrogens (tertiary/aromatic N) is 5. The van der Waals surface area contributed by atoms with E-state index in [0.29, 0.717) is 62.3 Å². The van der Waals surface area contributed by atoms with E-state index in [1.807, 2.05) is 11.0 Å². The van der Waals surface area contributed by atoms with Crippen molar-refractivity contribution < 1.29 is 23.5 Å². The maximum atomic E-state index is 14.5. The summed E-state index contributed by atoms with van der Waals surface area (Å²) >= 11 is 0. The average Bonchev–Trinajstić information content (AvgIpc) is 3.65. The van der Waals surface area contributed by atoms with Crippen LogP contribution in [0.5, 0.6) is 6.01 Å². The van der Waals surface area contributed by atoms with Crippen LogP contribution in [0.4, 0.5) is 20.7 Å². The number of nitriles is 1. The normalized spacial score (nSPS) is 33.4. The molecule has 4 fully saturated rings. The number of nitrogens with one attached hydrogen (secondary N) is 2. The summed E-state index contributed by atoms with van der Waals surface area (Å²) in [6, 6.07) is 5.87. The fourth-order valence-electron chi connectivity index (χ4n) is 9.05. The number of urea groups is 1. The number of nitrogen functional groups attached to an aromatic ring is 1. The van der Waals surface area contributed by atoms with E-state index in [0.717, 1.165) is 48.2 Å². The second-order valence-electron chi connectivity index (χ2n) is 14.1. The first kappa shape index (κ1) is 29.4. The molecule has 6 aliphatic rings. The highest BCUT2D eigenvalue weighted by Crippen LogP contribution is 2.51. The molecule has 6 heterocycles. The minimum Gasteiger partial charge on any atom is -0.461 e. The molecule has 46 heavy (non-hydrogen) atoms. The van der Waals surface area contributed by atoms with Crippen molar-refractivity contribution >= 4 is 23.4 Å². The molecule has 2 aromatic rings. The number of alkyl halides is 1. The van der Waals surface area contributed by atoms with Gasteiger partial charge in [0.25, 0.3) is 5.91 Å². The minimum atomic E-state index is -1.05. The molecule has 0 bridgehead atoms. The first-order valence-corrected chi connectivity index (χ1v) is 16.4. The van der Waals surface area contributed by atoms with Gasteiger partial charge in [-0.15, -0.1) is 0 Å². The summed E-state index contributed by atoms with van der Waals surface area (Å²) in [7, 11) is 0. The van der Waals surface area contributed by atoms with E-state index in [9.17, 15) is 19.2 Å². The van der Waals surface area contributed by atoms with E-state index < -0.39 is 23.3 Å². The van der Waals surface area contributed by atoms with E-state index in [2.05, 4.69) is 28.5 Å². The lowest BCUT2D eigenvalue weighted by molar-refractivity contribution is -0.124. The van der Waals surface area contributed by atoms with Gasteiger partial charge in [0.05, 0.1) is 29.9 Å². The lowest BCUT2D eigenvalue weighted by Crippen LogP contribution is -2.59. The smallest absolute Gasteiger partial charge is 0.322 e. The molecular formula is C33H39FN8O4. The van der Waals surface area contributed by atoms with E-state index >= 15 is 0 Å². The Balaban J connectivity index is 1.19. The highest BCUT2D eigenvalue weighted by Gasteiger charge is 2.52. The summed E-state index contributed by atoms with van der Waals surface area (Å²) in [5.41, 5.74) is 8.45. The molecule has 4 unspecified atom stereocenters. The molecule has 5 aliphatic heterocycles. The van der Waals surface area contributed by atoms with Crippen LogP contribution in [0.1, 0.15) is 85.7 Å². The fraction of sp³-hybridized carbons (Fsp3) is 0.606. The van der Waals surface area contributed by atoms with Crippen molar-refractivity contribution in [2.45, 2.75) is 93.7 Å². The number of amides is 3. The number of nitrogens with two attached hydrogens (primary N) is 1. The number of piperidine rings is 1. The van der Waals surface area contributed by atoms with Crippen LogP contribution in [-0.4, -0.2) is 76.8 Å². The van der Waals surface area contributed by atoms with Crippen LogP contribution in [0.15, 0.2) is 12.1 Å². The second-order valence-corrected chi connectivity index (χ2v) is 14.1. The summed E-state index contributed by atoms with van der Waals surface area (Å²) in [5, 5.41) is 15.5. The van der Waals surface area contributed by atoms with E-state index in [1.165, 1.54) is 0 Å². The molecule has 4 N–H and O–H groups in total. The van der Waals surface area contributed by atoms with Gasteiger partial charge >= 0.3 is 12.0 Å². The zero-order chi connectivity index (χ0) is 31.8. The molecule has 1 aromatic heterocycles. The quantitative estimate of drug-likeness (QED) is 0.339. The molecule has 4 saturated heterocycles. The summed E-state index contributed by atoms with van der Waals surface area (Å²) < 4.78 is 27.7. The van der Waals surface area contributed by atoms with Crippen LogP contribution in [0.3, 0.4) is 0 Å². The second kappa shape index (κ2) is 10.5. The van der Waals surface area contributed by atoms with Crippen LogP contribution in [0, 0.1) is 11.3 Å². The molecule has 242 valence electrons. The van der Waals surface area contributed by atoms with E-state index in [1.54, 1.807) is 6.07 Å². The van der Waals surface area contributed by atoms with Crippen molar-refractivity contribution in [3.8, 4) is 12.1 Å². The van der Waals surface area contributed by atoms with Crippen molar-refractivity contribution in [3.05, 3.63) is 40.1 Å². The molecule has 12 nitrogen and oxygen atoms in total. The van der Waals surface area contributed by atoms with Gasteiger partial charge in [0, 0.05) is 42.7 Å². The van der Waals surface area contributed by atoms with Crippen LogP contribution in [0.2, 0.25) is 0 Å². The van der Waals surface area contributed by atoms with Gasteiger partial charge in [-0.2, -0.15) is 15.2 Å². The Bertz CT molecular complexity index is 1680. The predicted molar refractivity (Wildman–Crippen MR) is 165 cm³/mol. The summed E-state index contributed by atoms with van der Waals surface area (Å²) in [6.07, 6.45) is 4.57. The third kappa shape index (κ3) is 4.44. The number of benzene rings is 1. The lowest BCUT2D eigenvalue weighted by Gasteiger charge is -2.45. The summed E-state index contributed by atoms with van der Waals surface area (Å²) in [6.45, 7) is 4.78. The Morgan fingerprint density at radius 2 is 2.07 bits per heavy atom. The molecular weight excluding hydrogens is 591 g/mol. The van der Waals surface area contributed by atoms with Crippen LogP contribution < -0.4 is 26.0 Å². The Kier molecular flexibility index (Phi) is 6.71. The Morgan fingerprint density at radius 1 is 1.22 bits per heavy atom. The van der Waals surface area contributed by atoms with Gasteiger partial charge in [-0.3, -0.25) is 15.0 Å². The number of fused-ring (bicyclic) bond motifs is 4. The number of carbonyl (C=O) groups excluding carboxylic acids is 2. The monoisotopic (exact) mass is 630 g/mol. The average molecular weight is 631 g/mol. The molecule has 3 amide bonds. The summed E-state index contributed by atoms with van der Waals surface area (Å²) in [4.78, 5) is 39.2. The topological polar surface area (TPSA) is 159 Å². The molecule has 13 heteroatoms. The predicted octanol–water partition coefficient (Wildman–Crippen LogP) is 2.93. The van der Waals surface area contributed by atoms with Gasteiger partial charge < -0.3 is 25.4 Å². The van der Waals surface area contributed by atoms with Gasteiger partial charge in [0.15, 0.2) is 0 Å². The molecule has 5 atom stereocenters. The van der Waals surface area contributed by atoms with Crippen molar-refractivity contribution in [2.75, 3.05) is 43.4 Å². The molecule has 1 aliphatic carbocycles. The van der Waals surface area contributed by atoms with Crippen molar-refractivity contribution in [1.82, 2.24) is 25.5 Å². The number of imide groups is 1. The number of carbonyl (C=O) groups is 2. The van der Waals surface area contributed by atoms with Gasteiger partial charge in [0.1, 0.15) is 35.8 Å². The highest BCUT2D eigenvalue weighted by molar-refractivity contribution is 6.07. The van der Waals surface area contributed by atoms with E-state index in [-0.39, 0.29) is 43.1 Å². The van der Waals surface area contributed by atoms with Gasteiger partial charge in [-0.05, 0) is 62.6 Å². The first-order chi connectivity index (χ1) is 22.1. The number of rotatable bonds is 4. The Hall–Kier alpha value is -4.02. The van der Waals surface area contributed by atoms with Crippen molar-refractivity contribution in [1.29, 1.82) is 5.26 Å². The lowest BCUT2D eigenvalue weighted by atomic mass is 9.69. The van der Waals surface area contributed by atoms with Crippen LogP contribution in [-0.2, 0) is 28.2 Å². The third-order valence-electron chi connectivity index (χ3n) is 11.4. The first-order valence-electron chi connectivity index (χ1n) is 16.4. The Labute approximate surface area is 266 Å². The number of hydrogen-bond donors (Lipinski definition) is 3. The SMILES string of the molecule is CC1CCC2(Cc3nc(OCC45CCCN4CC(F)C5)nc(N4CCC[C@]5(C4)NC(=O)NC5=O)c3CO2)c2c1ccc(N)c2C#N. The highest BCUT2D eigenvalue weighted by atomic mass is 19.1.